The van der Waals surface area contributed by atoms with E-state index in [1.165, 1.54) is 0 Å². The third kappa shape index (κ3) is 3.58. The molecule has 1 aliphatic heterocycles. The Kier molecular flexibility index (Phi) is 4.78. The van der Waals surface area contributed by atoms with Crippen LogP contribution in [0.4, 0.5) is 5.69 Å². The number of methoxy groups -OCH3 is 1. The molecule has 0 saturated carbocycles. The summed E-state index contributed by atoms with van der Waals surface area (Å²) in [5, 5.41) is 6.34. The van der Waals surface area contributed by atoms with Crippen LogP contribution in [-0.2, 0) is 16.1 Å². The summed E-state index contributed by atoms with van der Waals surface area (Å²) in [5.74, 6) is 0.0456. The number of carbonyl (C=O) groups is 1. The highest BCUT2D eigenvalue weighted by atomic mass is 16.5. The van der Waals surface area contributed by atoms with Crippen LogP contribution in [-0.4, -0.2) is 25.6 Å². The summed E-state index contributed by atoms with van der Waals surface area (Å²) >= 11 is 0. The SMILES string of the molecule is COCc1cccc(NC(=O)C2NCCCC2(C)C)c1. The zero-order chi connectivity index (χ0) is 14.6. The van der Waals surface area contributed by atoms with Gasteiger partial charge in [-0.2, -0.15) is 0 Å². The molecule has 4 heteroatoms. The summed E-state index contributed by atoms with van der Waals surface area (Å²) in [7, 11) is 1.67. The van der Waals surface area contributed by atoms with Crippen molar-refractivity contribution in [3.05, 3.63) is 29.8 Å². The quantitative estimate of drug-likeness (QED) is 0.888. The molecule has 110 valence electrons. The predicted octanol–water partition coefficient (Wildman–Crippen LogP) is 2.55. The van der Waals surface area contributed by atoms with Gasteiger partial charge in [-0.1, -0.05) is 26.0 Å². The maximum absolute atomic E-state index is 12.4. The molecule has 1 amide bonds. The first-order chi connectivity index (χ1) is 9.53. The number of hydrogen-bond donors (Lipinski definition) is 2. The highest BCUT2D eigenvalue weighted by molar-refractivity contribution is 5.95. The van der Waals surface area contributed by atoms with Gasteiger partial charge in [0.25, 0.3) is 0 Å². The summed E-state index contributed by atoms with van der Waals surface area (Å²) in [6.45, 7) is 5.75. The number of nitrogens with one attached hydrogen (secondary N) is 2. The van der Waals surface area contributed by atoms with Gasteiger partial charge in [-0.3, -0.25) is 4.79 Å². The van der Waals surface area contributed by atoms with Crippen LogP contribution in [0.5, 0.6) is 0 Å². The molecule has 0 radical (unpaired) electrons. The van der Waals surface area contributed by atoms with Gasteiger partial charge in [0.15, 0.2) is 0 Å². The molecular formula is C16H24N2O2. The molecule has 1 aliphatic rings. The summed E-state index contributed by atoms with van der Waals surface area (Å²) < 4.78 is 5.11. The van der Waals surface area contributed by atoms with Crippen LogP contribution in [0.15, 0.2) is 24.3 Å². The molecule has 1 saturated heterocycles. The van der Waals surface area contributed by atoms with Gasteiger partial charge in [0.05, 0.1) is 12.6 Å². The van der Waals surface area contributed by atoms with Crippen LogP contribution >= 0.6 is 0 Å². The van der Waals surface area contributed by atoms with Crippen molar-refractivity contribution in [1.82, 2.24) is 5.32 Å². The lowest BCUT2D eigenvalue weighted by Gasteiger charge is -2.38. The van der Waals surface area contributed by atoms with Gasteiger partial charge in [-0.15, -0.1) is 0 Å². The molecule has 1 atom stereocenters. The predicted molar refractivity (Wildman–Crippen MR) is 80.6 cm³/mol. The molecule has 1 aromatic rings. The fourth-order valence-electron chi connectivity index (χ4n) is 2.78. The van der Waals surface area contributed by atoms with E-state index in [4.69, 9.17) is 4.74 Å². The van der Waals surface area contributed by atoms with Crippen LogP contribution in [0.2, 0.25) is 0 Å². The summed E-state index contributed by atoms with van der Waals surface area (Å²) in [6.07, 6.45) is 2.20. The second-order valence-electron chi connectivity index (χ2n) is 6.10. The Balaban J connectivity index is 2.05. The zero-order valence-corrected chi connectivity index (χ0v) is 12.5. The van der Waals surface area contributed by atoms with Crippen LogP contribution < -0.4 is 10.6 Å². The van der Waals surface area contributed by atoms with Crippen molar-refractivity contribution >= 4 is 11.6 Å². The lowest BCUT2D eigenvalue weighted by molar-refractivity contribution is -0.121. The molecule has 0 aliphatic carbocycles. The number of rotatable bonds is 4. The molecule has 1 heterocycles. The van der Waals surface area contributed by atoms with Gasteiger partial charge >= 0.3 is 0 Å². The lowest BCUT2D eigenvalue weighted by atomic mass is 9.77. The van der Waals surface area contributed by atoms with E-state index in [1.54, 1.807) is 7.11 Å². The fraction of sp³-hybridized carbons (Fsp3) is 0.562. The van der Waals surface area contributed by atoms with E-state index in [0.717, 1.165) is 30.6 Å². The van der Waals surface area contributed by atoms with Crippen molar-refractivity contribution in [2.24, 2.45) is 5.41 Å². The number of ether oxygens (including phenoxy) is 1. The van der Waals surface area contributed by atoms with E-state index in [2.05, 4.69) is 24.5 Å². The Morgan fingerprint density at radius 2 is 2.30 bits per heavy atom. The second-order valence-corrected chi connectivity index (χ2v) is 6.10. The molecule has 0 spiro atoms. The first-order valence-corrected chi connectivity index (χ1v) is 7.15. The number of carbonyl (C=O) groups excluding carboxylic acids is 1. The minimum absolute atomic E-state index is 0.00747. The molecule has 1 fully saturated rings. The van der Waals surface area contributed by atoms with Crippen LogP contribution in [0.3, 0.4) is 0 Å². The molecular weight excluding hydrogens is 252 g/mol. The molecule has 0 aromatic heterocycles. The van der Waals surface area contributed by atoms with E-state index in [0.29, 0.717) is 6.61 Å². The van der Waals surface area contributed by atoms with E-state index < -0.39 is 0 Å². The average molecular weight is 276 g/mol. The van der Waals surface area contributed by atoms with Crippen molar-refractivity contribution in [1.29, 1.82) is 0 Å². The molecule has 1 unspecified atom stereocenters. The van der Waals surface area contributed by atoms with E-state index in [9.17, 15) is 4.79 Å². The van der Waals surface area contributed by atoms with Crippen LogP contribution in [0, 0.1) is 5.41 Å². The van der Waals surface area contributed by atoms with Gasteiger partial charge in [0.1, 0.15) is 0 Å². The first kappa shape index (κ1) is 15.0. The number of benzene rings is 1. The number of anilines is 1. The van der Waals surface area contributed by atoms with Gasteiger partial charge in [0.2, 0.25) is 5.91 Å². The van der Waals surface area contributed by atoms with E-state index in [1.807, 2.05) is 24.3 Å². The Labute approximate surface area is 120 Å². The highest BCUT2D eigenvalue weighted by Gasteiger charge is 2.36. The Bertz CT molecular complexity index is 471. The lowest BCUT2D eigenvalue weighted by Crippen LogP contribution is -2.53. The normalized spacial score (nSPS) is 21.4. The Morgan fingerprint density at radius 3 is 3.00 bits per heavy atom. The molecule has 2 rings (SSSR count). The summed E-state index contributed by atoms with van der Waals surface area (Å²) in [6, 6.07) is 7.65. The van der Waals surface area contributed by atoms with Gasteiger partial charge < -0.3 is 15.4 Å². The van der Waals surface area contributed by atoms with Gasteiger partial charge in [0, 0.05) is 12.8 Å². The number of amides is 1. The highest BCUT2D eigenvalue weighted by Crippen LogP contribution is 2.30. The van der Waals surface area contributed by atoms with Crippen molar-refractivity contribution in [3.63, 3.8) is 0 Å². The second kappa shape index (κ2) is 6.37. The van der Waals surface area contributed by atoms with Crippen LogP contribution in [0.25, 0.3) is 0 Å². The topological polar surface area (TPSA) is 50.4 Å². The molecule has 0 bridgehead atoms. The number of hydrogen-bond acceptors (Lipinski definition) is 3. The fourth-order valence-corrected chi connectivity index (χ4v) is 2.78. The van der Waals surface area contributed by atoms with E-state index >= 15 is 0 Å². The smallest absolute Gasteiger partial charge is 0.242 e. The minimum Gasteiger partial charge on any atom is -0.380 e. The first-order valence-electron chi connectivity index (χ1n) is 7.15. The maximum Gasteiger partial charge on any atom is 0.242 e. The average Bonchev–Trinajstić information content (AvgIpc) is 2.38. The third-order valence-electron chi connectivity index (χ3n) is 3.90. The molecule has 4 nitrogen and oxygen atoms in total. The van der Waals surface area contributed by atoms with Crippen LogP contribution in [0.1, 0.15) is 32.3 Å². The maximum atomic E-state index is 12.4. The third-order valence-corrected chi connectivity index (χ3v) is 3.90. The van der Waals surface area contributed by atoms with Gasteiger partial charge in [-0.05, 0) is 42.5 Å². The number of piperidine rings is 1. The van der Waals surface area contributed by atoms with Gasteiger partial charge in [-0.25, -0.2) is 0 Å². The van der Waals surface area contributed by atoms with E-state index in [-0.39, 0.29) is 17.4 Å². The van der Waals surface area contributed by atoms with Crippen molar-refractivity contribution in [3.8, 4) is 0 Å². The molecule has 20 heavy (non-hydrogen) atoms. The molecule has 2 N–H and O–H groups in total. The Morgan fingerprint density at radius 1 is 1.50 bits per heavy atom. The van der Waals surface area contributed by atoms with Crippen molar-refractivity contribution in [2.45, 2.75) is 39.3 Å². The molecule has 1 aromatic carbocycles. The van der Waals surface area contributed by atoms with Crippen molar-refractivity contribution in [2.75, 3.05) is 19.0 Å². The van der Waals surface area contributed by atoms with Crippen molar-refractivity contribution < 1.29 is 9.53 Å². The Hall–Kier alpha value is -1.39. The monoisotopic (exact) mass is 276 g/mol. The zero-order valence-electron chi connectivity index (χ0n) is 12.5. The standard InChI is InChI=1S/C16H24N2O2/c1-16(2)8-5-9-17-14(16)15(19)18-13-7-4-6-12(10-13)11-20-3/h4,6-7,10,14,17H,5,8-9,11H2,1-3H3,(H,18,19). The minimum atomic E-state index is -0.137. The largest absolute Gasteiger partial charge is 0.380 e. The summed E-state index contributed by atoms with van der Waals surface area (Å²) in [5.41, 5.74) is 1.88. The summed E-state index contributed by atoms with van der Waals surface area (Å²) in [4.78, 5) is 12.4.